The van der Waals surface area contributed by atoms with Gasteiger partial charge in [0.1, 0.15) is 5.82 Å². The summed E-state index contributed by atoms with van der Waals surface area (Å²) in [5.74, 6) is 1.88. The van der Waals surface area contributed by atoms with Crippen molar-refractivity contribution in [1.82, 2.24) is 9.38 Å². The molecule has 0 aliphatic heterocycles. The van der Waals surface area contributed by atoms with Crippen molar-refractivity contribution >= 4 is 5.52 Å². The molecule has 0 spiro atoms. The molecular formula is C18H28N2O2. The minimum absolute atomic E-state index is 0.235. The van der Waals surface area contributed by atoms with Crippen molar-refractivity contribution < 1.29 is 9.84 Å². The Morgan fingerprint density at radius 3 is 2.73 bits per heavy atom. The molecule has 0 amide bonds. The van der Waals surface area contributed by atoms with Crippen LogP contribution in [0.1, 0.15) is 37.4 Å². The van der Waals surface area contributed by atoms with Gasteiger partial charge in [-0.05, 0) is 43.2 Å². The molecule has 0 radical (unpaired) electrons. The number of aliphatic hydroxyl groups is 1. The lowest BCUT2D eigenvalue weighted by atomic mass is 9.90. The largest absolute Gasteiger partial charge is 0.396 e. The van der Waals surface area contributed by atoms with E-state index in [2.05, 4.69) is 43.5 Å². The van der Waals surface area contributed by atoms with Crippen molar-refractivity contribution in [3.05, 3.63) is 35.4 Å². The van der Waals surface area contributed by atoms with Gasteiger partial charge in [-0.3, -0.25) is 0 Å². The molecule has 0 bridgehead atoms. The van der Waals surface area contributed by atoms with Crippen LogP contribution in [0, 0.1) is 18.8 Å². The Morgan fingerprint density at radius 1 is 1.32 bits per heavy atom. The van der Waals surface area contributed by atoms with E-state index >= 15 is 0 Å². The molecule has 0 aliphatic carbocycles. The van der Waals surface area contributed by atoms with Crippen molar-refractivity contribution in [2.75, 3.05) is 20.3 Å². The SMILES string of the molecule is COCCCc1nc(C)c2ccc(C[C@@H](CO)C(C)C)cn12. The van der Waals surface area contributed by atoms with Crippen LogP contribution in [-0.4, -0.2) is 34.8 Å². The second-order valence-corrected chi connectivity index (χ2v) is 6.39. The summed E-state index contributed by atoms with van der Waals surface area (Å²) in [6.45, 7) is 7.38. The highest BCUT2D eigenvalue weighted by Crippen LogP contribution is 2.20. The second kappa shape index (κ2) is 7.75. The first-order valence-corrected chi connectivity index (χ1v) is 8.13. The van der Waals surface area contributed by atoms with E-state index in [9.17, 15) is 5.11 Å². The maximum Gasteiger partial charge on any atom is 0.113 e. The van der Waals surface area contributed by atoms with Gasteiger partial charge in [0.15, 0.2) is 0 Å². The minimum Gasteiger partial charge on any atom is -0.396 e. The number of aromatic nitrogens is 2. The van der Waals surface area contributed by atoms with E-state index < -0.39 is 0 Å². The number of rotatable bonds is 8. The van der Waals surface area contributed by atoms with Gasteiger partial charge >= 0.3 is 0 Å². The lowest BCUT2D eigenvalue weighted by Gasteiger charge is -2.18. The van der Waals surface area contributed by atoms with E-state index in [1.54, 1.807) is 7.11 Å². The second-order valence-electron chi connectivity index (χ2n) is 6.39. The summed E-state index contributed by atoms with van der Waals surface area (Å²) in [4.78, 5) is 4.70. The zero-order valence-corrected chi connectivity index (χ0v) is 14.2. The molecule has 122 valence electrons. The number of pyridine rings is 1. The van der Waals surface area contributed by atoms with Crippen LogP contribution in [0.25, 0.3) is 5.52 Å². The zero-order chi connectivity index (χ0) is 16.1. The highest BCUT2D eigenvalue weighted by molar-refractivity contribution is 5.53. The number of methoxy groups -OCH3 is 1. The first kappa shape index (κ1) is 17.0. The minimum atomic E-state index is 0.235. The fourth-order valence-corrected chi connectivity index (χ4v) is 2.84. The topological polar surface area (TPSA) is 46.8 Å². The molecule has 4 heteroatoms. The standard InChI is InChI=1S/C18H28N2O2/c1-13(2)16(12-21)10-15-7-8-17-14(3)19-18(20(17)11-15)6-5-9-22-4/h7-8,11,13,16,21H,5-6,9-10,12H2,1-4H3/t16-/m0/s1. The molecule has 0 aromatic carbocycles. The van der Waals surface area contributed by atoms with Crippen molar-refractivity contribution in [3.63, 3.8) is 0 Å². The Kier molecular flexibility index (Phi) is 5.98. The summed E-state index contributed by atoms with van der Waals surface area (Å²) < 4.78 is 7.34. The van der Waals surface area contributed by atoms with Gasteiger partial charge in [0.2, 0.25) is 0 Å². The molecular weight excluding hydrogens is 276 g/mol. The number of fused-ring (bicyclic) bond motifs is 1. The molecule has 4 nitrogen and oxygen atoms in total. The van der Waals surface area contributed by atoms with E-state index in [0.717, 1.165) is 37.4 Å². The smallest absolute Gasteiger partial charge is 0.113 e. The summed E-state index contributed by atoms with van der Waals surface area (Å²) >= 11 is 0. The lowest BCUT2D eigenvalue weighted by molar-refractivity contribution is 0.189. The van der Waals surface area contributed by atoms with Crippen LogP contribution in [-0.2, 0) is 17.6 Å². The van der Waals surface area contributed by atoms with Gasteiger partial charge in [0.25, 0.3) is 0 Å². The van der Waals surface area contributed by atoms with Crippen LogP contribution < -0.4 is 0 Å². The van der Waals surface area contributed by atoms with Crippen LogP contribution in [0.5, 0.6) is 0 Å². The van der Waals surface area contributed by atoms with Gasteiger partial charge in [0, 0.05) is 32.9 Å². The quantitative estimate of drug-likeness (QED) is 0.763. The molecule has 0 saturated carbocycles. The number of hydrogen-bond acceptors (Lipinski definition) is 3. The molecule has 2 aromatic rings. The van der Waals surface area contributed by atoms with Gasteiger partial charge < -0.3 is 14.2 Å². The Balaban J connectivity index is 2.25. The van der Waals surface area contributed by atoms with Gasteiger partial charge in [-0.2, -0.15) is 0 Å². The Bertz CT molecular complexity index is 604. The molecule has 1 atom stereocenters. The van der Waals surface area contributed by atoms with E-state index in [-0.39, 0.29) is 6.61 Å². The number of ether oxygens (including phenoxy) is 1. The van der Waals surface area contributed by atoms with E-state index in [1.165, 1.54) is 11.1 Å². The summed E-state index contributed by atoms with van der Waals surface area (Å²) in [7, 11) is 1.73. The van der Waals surface area contributed by atoms with Crippen molar-refractivity contribution in [1.29, 1.82) is 0 Å². The third-order valence-corrected chi connectivity index (χ3v) is 4.38. The first-order chi connectivity index (χ1) is 10.6. The third kappa shape index (κ3) is 3.87. The molecule has 2 aromatic heterocycles. The highest BCUT2D eigenvalue weighted by Gasteiger charge is 2.14. The van der Waals surface area contributed by atoms with Crippen LogP contribution in [0.15, 0.2) is 18.3 Å². The van der Waals surface area contributed by atoms with E-state index in [1.807, 2.05) is 0 Å². The van der Waals surface area contributed by atoms with Crippen molar-refractivity contribution in [3.8, 4) is 0 Å². The van der Waals surface area contributed by atoms with Gasteiger partial charge in [-0.25, -0.2) is 4.98 Å². The van der Waals surface area contributed by atoms with Crippen molar-refractivity contribution in [2.45, 2.75) is 40.0 Å². The Morgan fingerprint density at radius 2 is 2.09 bits per heavy atom. The summed E-state index contributed by atoms with van der Waals surface area (Å²) in [6, 6.07) is 4.31. The summed E-state index contributed by atoms with van der Waals surface area (Å²) in [6.07, 6.45) is 4.98. The number of hydrogen-bond donors (Lipinski definition) is 1. The van der Waals surface area contributed by atoms with Gasteiger partial charge in [0.05, 0.1) is 11.2 Å². The number of aliphatic hydroxyl groups excluding tert-OH is 1. The molecule has 0 saturated heterocycles. The lowest BCUT2D eigenvalue weighted by Crippen LogP contribution is -2.16. The third-order valence-electron chi connectivity index (χ3n) is 4.38. The Hall–Kier alpha value is -1.39. The van der Waals surface area contributed by atoms with Crippen LogP contribution in [0.3, 0.4) is 0 Å². The number of aryl methyl sites for hydroxylation is 2. The predicted octanol–water partition coefficient (Wildman–Crippen LogP) is 3.03. The fourth-order valence-electron chi connectivity index (χ4n) is 2.84. The van der Waals surface area contributed by atoms with Crippen molar-refractivity contribution in [2.24, 2.45) is 11.8 Å². The monoisotopic (exact) mass is 304 g/mol. The zero-order valence-electron chi connectivity index (χ0n) is 14.2. The first-order valence-electron chi connectivity index (χ1n) is 8.13. The molecule has 22 heavy (non-hydrogen) atoms. The maximum atomic E-state index is 9.54. The molecule has 2 heterocycles. The van der Waals surface area contributed by atoms with Gasteiger partial charge in [-0.15, -0.1) is 0 Å². The highest BCUT2D eigenvalue weighted by atomic mass is 16.5. The summed E-state index contributed by atoms with van der Waals surface area (Å²) in [5.41, 5.74) is 3.49. The molecule has 0 aliphatic rings. The molecule has 0 fully saturated rings. The van der Waals surface area contributed by atoms with E-state index in [0.29, 0.717) is 11.8 Å². The van der Waals surface area contributed by atoms with Crippen LogP contribution in [0.4, 0.5) is 0 Å². The van der Waals surface area contributed by atoms with Gasteiger partial charge in [-0.1, -0.05) is 19.9 Å². The molecule has 1 N–H and O–H groups in total. The molecule has 2 rings (SSSR count). The predicted molar refractivity (Wildman–Crippen MR) is 89.2 cm³/mol. The van der Waals surface area contributed by atoms with E-state index in [4.69, 9.17) is 9.72 Å². The number of imidazole rings is 1. The number of nitrogens with zero attached hydrogens (tertiary/aromatic N) is 2. The average Bonchev–Trinajstić information content (AvgIpc) is 2.81. The summed E-state index contributed by atoms with van der Waals surface area (Å²) in [5, 5.41) is 9.54. The Labute approximate surface area is 133 Å². The fraction of sp³-hybridized carbons (Fsp3) is 0.611. The normalized spacial score (nSPS) is 13.2. The van der Waals surface area contributed by atoms with Crippen LogP contribution in [0.2, 0.25) is 0 Å². The van der Waals surface area contributed by atoms with Crippen LogP contribution >= 0.6 is 0 Å². The molecule has 0 unspecified atom stereocenters. The maximum absolute atomic E-state index is 9.54. The average molecular weight is 304 g/mol.